The summed E-state index contributed by atoms with van der Waals surface area (Å²) in [5.74, 6) is 1.38. The Morgan fingerprint density at radius 3 is 2.29 bits per heavy atom. The van der Waals surface area contributed by atoms with Gasteiger partial charge in [-0.05, 0) is 62.5 Å². The fourth-order valence-electron chi connectivity index (χ4n) is 5.60. The largest absolute Gasteiger partial charge is 0.368 e. The van der Waals surface area contributed by atoms with Crippen molar-refractivity contribution in [2.24, 2.45) is 0 Å². The molecule has 2 aliphatic rings. The molecule has 6 heteroatoms. The van der Waals surface area contributed by atoms with Crippen LogP contribution in [0.5, 0.6) is 0 Å². The fraction of sp³-hybridized carbons (Fsp3) is 0.414. The second-order valence-electron chi connectivity index (χ2n) is 10.1. The van der Waals surface area contributed by atoms with E-state index in [9.17, 15) is 4.39 Å². The number of pyridine rings is 1. The average Bonchev–Trinajstić information content (AvgIpc) is 3.32. The van der Waals surface area contributed by atoms with Crippen LogP contribution in [0.3, 0.4) is 0 Å². The molecule has 2 fully saturated rings. The van der Waals surface area contributed by atoms with Gasteiger partial charge in [0, 0.05) is 75.2 Å². The lowest BCUT2D eigenvalue weighted by Gasteiger charge is -2.37. The number of hydrogen-bond donors (Lipinski definition) is 0. The number of piperazine rings is 1. The van der Waals surface area contributed by atoms with Gasteiger partial charge in [0.05, 0.1) is 0 Å². The molecular formula is C29H36FN5. The number of halogens is 1. The standard InChI is InChI=1S/C29H36FN5/c1-22-7-6-8-27(30)25(22)19-33-20-26(28(21-33)32(2)3)23-10-12-24(13-11-23)34-15-17-35(18-16-34)29-9-4-5-14-31-29/h4-14,26,28H,15-21H2,1-3H3/t26-,28+/m1/s1. The molecule has 3 heterocycles. The summed E-state index contributed by atoms with van der Waals surface area (Å²) in [5, 5.41) is 0. The molecule has 35 heavy (non-hydrogen) atoms. The van der Waals surface area contributed by atoms with Crippen LogP contribution in [-0.2, 0) is 6.54 Å². The Morgan fingerprint density at radius 1 is 0.886 bits per heavy atom. The highest BCUT2D eigenvalue weighted by atomic mass is 19.1. The molecule has 0 amide bonds. The van der Waals surface area contributed by atoms with Gasteiger partial charge in [0.1, 0.15) is 11.6 Å². The van der Waals surface area contributed by atoms with Crippen LogP contribution >= 0.6 is 0 Å². The van der Waals surface area contributed by atoms with Crippen LogP contribution in [0.15, 0.2) is 66.9 Å². The lowest BCUT2D eigenvalue weighted by molar-refractivity contribution is 0.258. The number of rotatable bonds is 6. The number of hydrogen-bond acceptors (Lipinski definition) is 5. The summed E-state index contributed by atoms with van der Waals surface area (Å²) in [4.78, 5) is 14.1. The molecule has 2 atom stereocenters. The smallest absolute Gasteiger partial charge is 0.128 e. The number of aromatic nitrogens is 1. The average molecular weight is 474 g/mol. The summed E-state index contributed by atoms with van der Waals surface area (Å²) < 4.78 is 14.5. The molecule has 2 saturated heterocycles. The Balaban J connectivity index is 1.25. The normalized spacial score (nSPS) is 21.2. The van der Waals surface area contributed by atoms with Crippen LogP contribution in [0, 0.1) is 12.7 Å². The molecule has 184 valence electrons. The Labute approximate surface area is 208 Å². The van der Waals surface area contributed by atoms with Crippen molar-refractivity contribution in [3.8, 4) is 0 Å². The summed E-state index contributed by atoms with van der Waals surface area (Å²) in [7, 11) is 4.32. The van der Waals surface area contributed by atoms with Crippen LogP contribution < -0.4 is 9.80 Å². The molecule has 3 aromatic rings. The molecule has 0 N–H and O–H groups in total. The lowest BCUT2D eigenvalue weighted by atomic mass is 9.93. The highest BCUT2D eigenvalue weighted by Crippen LogP contribution is 2.33. The molecule has 0 saturated carbocycles. The minimum absolute atomic E-state index is 0.0950. The molecule has 0 aliphatic carbocycles. The van der Waals surface area contributed by atoms with Gasteiger partial charge in [-0.2, -0.15) is 0 Å². The number of likely N-dealkylation sites (tertiary alicyclic amines) is 1. The molecule has 0 unspecified atom stereocenters. The highest BCUT2D eigenvalue weighted by Gasteiger charge is 2.35. The van der Waals surface area contributed by atoms with Gasteiger partial charge in [0.15, 0.2) is 0 Å². The monoisotopic (exact) mass is 473 g/mol. The minimum atomic E-state index is -0.0950. The molecule has 2 aliphatic heterocycles. The molecule has 5 rings (SSSR count). The molecule has 0 bridgehead atoms. The van der Waals surface area contributed by atoms with E-state index in [1.54, 1.807) is 12.1 Å². The number of benzene rings is 2. The third-order valence-corrected chi connectivity index (χ3v) is 7.70. The van der Waals surface area contributed by atoms with Crippen LogP contribution in [-0.4, -0.2) is 74.2 Å². The number of aryl methyl sites for hydroxylation is 1. The molecule has 5 nitrogen and oxygen atoms in total. The first kappa shape index (κ1) is 23.8. The maximum Gasteiger partial charge on any atom is 0.128 e. The first-order valence-corrected chi connectivity index (χ1v) is 12.6. The highest BCUT2D eigenvalue weighted by molar-refractivity contribution is 5.51. The molecular weight excluding hydrogens is 437 g/mol. The van der Waals surface area contributed by atoms with E-state index in [0.29, 0.717) is 18.5 Å². The quantitative estimate of drug-likeness (QED) is 0.529. The van der Waals surface area contributed by atoms with Gasteiger partial charge in [0.25, 0.3) is 0 Å². The third-order valence-electron chi connectivity index (χ3n) is 7.70. The van der Waals surface area contributed by atoms with E-state index in [0.717, 1.165) is 56.2 Å². The zero-order chi connectivity index (χ0) is 24.4. The van der Waals surface area contributed by atoms with E-state index < -0.39 is 0 Å². The summed E-state index contributed by atoms with van der Waals surface area (Å²) >= 11 is 0. The zero-order valence-corrected chi connectivity index (χ0v) is 21.1. The van der Waals surface area contributed by atoms with Gasteiger partial charge in [-0.3, -0.25) is 4.90 Å². The van der Waals surface area contributed by atoms with E-state index in [1.807, 2.05) is 25.3 Å². The van der Waals surface area contributed by atoms with Gasteiger partial charge < -0.3 is 14.7 Å². The van der Waals surface area contributed by atoms with E-state index >= 15 is 0 Å². The van der Waals surface area contributed by atoms with Gasteiger partial charge in [-0.15, -0.1) is 0 Å². The fourth-order valence-corrected chi connectivity index (χ4v) is 5.60. The van der Waals surface area contributed by atoms with E-state index in [2.05, 4.69) is 75.1 Å². The number of likely N-dealkylation sites (N-methyl/N-ethyl adjacent to an activating group) is 1. The number of anilines is 2. The van der Waals surface area contributed by atoms with Gasteiger partial charge in [-0.25, -0.2) is 9.37 Å². The summed E-state index contributed by atoms with van der Waals surface area (Å²) in [5.41, 5.74) is 4.51. The van der Waals surface area contributed by atoms with Gasteiger partial charge in [0.2, 0.25) is 0 Å². The summed E-state index contributed by atoms with van der Waals surface area (Å²) in [6.07, 6.45) is 1.86. The molecule has 2 aromatic carbocycles. The second-order valence-corrected chi connectivity index (χ2v) is 10.1. The first-order valence-electron chi connectivity index (χ1n) is 12.6. The Morgan fingerprint density at radius 2 is 1.63 bits per heavy atom. The Kier molecular flexibility index (Phi) is 7.02. The van der Waals surface area contributed by atoms with Crippen LogP contribution in [0.2, 0.25) is 0 Å². The molecule has 1 aromatic heterocycles. The third kappa shape index (κ3) is 5.19. The summed E-state index contributed by atoms with van der Waals surface area (Å²) in [6, 6.07) is 21.1. The van der Waals surface area contributed by atoms with Crippen molar-refractivity contribution < 1.29 is 4.39 Å². The van der Waals surface area contributed by atoms with Crippen molar-refractivity contribution in [2.45, 2.75) is 25.4 Å². The predicted octanol–water partition coefficient (Wildman–Crippen LogP) is 4.39. The van der Waals surface area contributed by atoms with Crippen molar-refractivity contribution >= 4 is 11.5 Å². The minimum Gasteiger partial charge on any atom is -0.368 e. The van der Waals surface area contributed by atoms with E-state index in [1.165, 1.54) is 11.3 Å². The van der Waals surface area contributed by atoms with E-state index in [4.69, 9.17) is 0 Å². The van der Waals surface area contributed by atoms with Crippen LogP contribution in [0.25, 0.3) is 0 Å². The Hall–Kier alpha value is -2.96. The second kappa shape index (κ2) is 10.3. The summed E-state index contributed by atoms with van der Waals surface area (Å²) in [6.45, 7) is 8.51. The zero-order valence-electron chi connectivity index (χ0n) is 21.1. The SMILES string of the molecule is Cc1cccc(F)c1CN1C[C@H](c2ccc(N3CCN(c4ccccn4)CC3)cc2)[C@@H](N(C)C)C1. The van der Waals surface area contributed by atoms with Gasteiger partial charge in [-0.1, -0.05) is 30.3 Å². The van der Waals surface area contributed by atoms with Crippen molar-refractivity contribution in [1.82, 2.24) is 14.8 Å². The Bertz CT molecular complexity index is 1090. The van der Waals surface area contributed by atoms with Crippen LogP contribution in [0.1, 0.15) is 22.6 Å². The van der Waals surface area contributed by atoms with Gasteiger partial charge >= 0.3 is 0 Å². The molecule has 0 radical (unpaired) electrons. The van der Waals surface area contributed by atoms with Crippen molar-refractivity contribution in [3.63, 3.8) is 0 Å². The topological polar surface area (TPSA) is 25.9 Å². The number of nitrogens with zero attached hydrogens (tertiary/aromatic N) is 5. The maximum absolute atomic E-state index is 14.5. The van der Waals surface area contributed by atoms with Crippen molar-refractivity contribution in [3.05, 3.63) is 89.4 Å². The predicted molar refractivity (Wildman–Crippen MR) is 142 cm³/mol. The van der Waals surface area contributed by atoms with Crippen molar-refractivity contribution in [2.75, 3.05) is 63.2 Å². The van der Waals surface area contributed by atoms with Crippen molar-refractivity contribution in [1.29, 1.82) is 0 Å². The maximum atomic E-state index is 14.5. The molecule has 0 spiro atoms. The van der Waals surface area contributed by atoms with E-state index in [-0.39, 0.29) is 5.82 Å². The van der Waals surface area contributed by atoms with Crippen LogP contribution in [0.4, 0.5) is 15.9 Å². The first-order chi connectivity index (χ1) is 17.0. The lowest BCUT2D eigenvalue weighted by Crippen LogP contribution is -2.46.